The van der Waals surface area contributed by atoms with E-state index in [0.717, 1.165) is 10.8 Å². The molecule has 2 aromatic heterocycles. The van der Waals surface area contributed by atoms with Gasteiger partial charge in [0, 0.05) is 5.56 Å². The highest BCUT2D eigenvalue weighted by atomic mass is 16.5. The minimum Gasteiger partial charge on any atom is -0.461 e. The number of carbonyl (C=O) groups excluding carboxylic acids is 1. The molecule has 29 heavy (non-hydrogen) atoms. The number of hydrogen-bond acceptors (Lipinski definition) is 5. The first-order valence-corrected chi connectivity index (χ1v) is 9.05. The Morgan fingerprint density at radius 3 is 2.55 bits per heavy atom. The third-order valence-electron chi connectivity index (χ3n) is 4.58. The van der Waals surface area contributed by atoms with E-state index >= 15 is 0 Å². The molecular formula is C23H15N3O3. The Bertz CT molecular complexity index is 1310. The number of amides is 1. The van der Waals surface area contributed by atoms with Crippen LogP contribution in [0.15, 0.2) is 94.1 Å². The number of para-hydroxylation sites is 1. The summed E-state index contributed by atoms with van der Waals surface area (Å²) in [5, 5.41) is 8.99. The van der Waals surface area contributed by atoms with Crippen molar-refractivity contribution in [1.82, 2.24) is 10.1 Å². The fourth-order valence-corrected chi connectivity index (χ4v) is 3.14. The topological polar surface area (TPSA) is 81.2 Å². The summed E-state index contributed by atoms with van der Waals surface area (Å²) in [5.41, 5.74) is 1.78. The summed E-state index contributed by atoms with van der Waals surface area (Å²) in [4.78, 5) is 17.2. The van der Waals surface area contributed by atoms with Crippen LogP contribution < -0.4 is 5.32 Å². The molecule has 0 saturated heterocycles. The van der Waals surface area contributed by atoms with Crippen LogP contribution in [-0.4, -0.2) is 16.0 Å². The molecule has 6 heteroatoms. The van der Waals surface area contributed by atoms with Crippen LogP contribution in [0.3, 0.4) is 0 Å². The molecule has 5 rings (SSSR count). The number of aromatic nitrogens is 2. The number of nitrogens with zero attached hydrogens (tertiary/aromatic N) is 2. The number of benzene rings is 3. The van der Waals surface area contributed by atoms with Gasteiger partial charge in [0.1, 0.15) is 0 Å². The van der Waals surface area contributed by atoms with Gasteiger partial charge in [-0.05, 0) is 47.2 Å². The highest BCUT2D eigenvalue weighted by Crippen LogP contribution is 2.29. The molecule has 0 atom stereocenters. The Labute approximate surface area is 165 Å². The van der Waals surface area contributed by atoms with E-state index in [1.165, 1.54) is 0 Å². The quantitative estimate of drug-likeness (QED) is 0.451. The largest absolute Gasteiger partial charge is 0.461 e. The first-order chi connectivity index (χ1) is 14.3. The zero-order chi connectivity index (χ0) is 19.6. The SMILES string of the molecule is O=C(Nc1ccccc1-c1nc(-c2ccco2)no1)c1ccc2ccccc2c1. The summed E-state index contributed by atoms with van der Waals surface area (Å²) in [6.45, 7) is 0. The summed E-state index contributed by atoms with van der Waals surface area (Å²) in [6, 6.07) is 24.3. The van der Waals surface area contributed by atoms with Gasteiger partial charge in [-0.2, -0.15) is 4.98 Å². The Hall–Kier alpha value is -4.19. The van der Waals surface area contributed by atoms with Gasteiger partial charge in [-0.1, -0.05) is 47.6 Å². The average Bonchev–Trinajstić information content (AvgIpc) is 3.46. The van der Waals surface area contributed by atoms with Crippen LogP contribution in [0.5, 0.6) is 0 Å². The van der Waals surface area contributed by atoms with E-state index in [1.807, 2.05) is 60.7 Å². The second-order valence-electron chi connectivity index (χ2n) is 6.46. The number of hydrogen-bond donors (Lipinski definition) is 1. The zero-order valence-electron chi connectivity index (χ0n) is 15.2. The van der Waals surface area contributed by atoms with Crippen molar-refractivity contribution < 1.29 is 13.7 Å². The van der Waals surface area contributed by atoms with Crippen LogP contribution in [0.4, 0.5) is 5.69 Å². The minimum atomic E-state index is -0.214. The molecule has 0 spiro atoms. The molecule has 0 saturated carbocycles. The summed E-state index contributed by atoms with van der Waals surface area (Å²) in [6.07, 6.45) is 1.54. The molecule has 1 N–H and O–H groups in total. The van der Waals surface area contributed by atoms with E-state index in [-0.39, 0.29) is 5.91 Å². The number of carbonyl (C=O) groups is 1. The lowest BCUT2D eigenvalue weighted by molar-refractivity contribution is 0.102. The predicted octanol–water partition coefficient (Wildman–Crippen LogP) is 5.40. The predicted molar refractivity (Wildman–Crippen MR) is 109 cm³/mol. The van der Waals surface area contributed by atoms with Crippen molar-refractivity contribution in [1.29, 1.82) is 0 Å². The maximum Gasteiger partial charge on any atom is 0.260 e. The van der Waals surface area contributed by atoms with Crippen LogP contribution in [0, 0.1) is 0 Å². The first-order valence-electron chi connectivity index (χ1n) is 9.05. The van der Waals surface area contributed by atoms with Gasteiger partial charge in [0.15, 0.2) is 5.76 Å². The van der Waals surface area contributed by atoms with Crippen molar-refractivity contribution in [3.63, 3.8) is 0 Å². The lowest BCUT2D eigenvalue weighted by Gasteiger charge is -2.09. The van der Waals surface area contributed by atoms with E-state index in [0.29, 0.717) is 34.3 Å². The molecule has 0 aliphatic rings. The molecule has 0 aliphatic carbocycles. The van der Waals surface area contributed by atoms with Gasteiger partial charge in [-0.3, -0.25) is 4.79 Å². The molecule has 0 fully saturated rings. The van der Waals surface area contributed by atoms with Gasteiger partial charge in [0.2, 0.25) is 5.82 Å². The smallest absolute Gasteiger partial charge is 0.260 e. The lowest BCUT2D eigenvalue weighted by atomic mass is 10.1. The van der Waals surface area contributed by atoms with Gasteiger partial charge in [0.25, 0.3) is 11.8 Å². The maximum atomic E-state index is 12.8. The highest BCUT2D eigenvalue weighted by molar-refractivity contribution is 6.07. The normalized spacial score (nSPS) is 10.9. The number of nitrogens with one attached hydrogen (secondary N) is 1. The number of anilines is 1. The molecular weight excluding hydrogens is 366 g/mol. The van der Waals surface area contributed by atoms with Crippen molar-refractivity contribution >= 4 is 22.4 Å². The van der Waals surface area contributed by atoms with Crippen LogP contribution in [0.2, 0.25) is 0 Å². The second-order valence-corrected chi connectivity index (χ2v) is 6.46. The van der Waals surface area contributed by atoms with E-state index < -0.39 is 0 Å². The maximum absolute atomic E-state index is 12.8. The molecule has 5 aromatic rings. The standard InChI is InChI=1S/C23H15N3O3/c27-22(17-12-11-15-6-1-2-7-16(15)14-17)24-19-9-4-3-8-18(19)23-25-21(26-29-23)20-10-5-13-28-20/h1-14H,(H,24,27). The van der Waals surface area contributed by atoms with E-state index in [2.05, 4.69) is 15.5 Å². The molecule has 6 nitrogen and oxygen atoms in total. The molecule has 1 amide bonds. The van der Waals surface area contributed by atoms with E-state index in [4.69, 9.17) is 8.94 Å². The Morgan fingerprint density at radius 1 is 0.862 bits per heavy atom. The van der Waals surface area contributed by atoms with Gasteiger partial charge in [-0.15, -0.1) is 0 Å². The molecule has 140 valence electrons. The molecule has 0 bridgehead atoms. The van der Waals surface area contributed by atoms with Crippen LogP contribution in [-0.2, 0) is 0 Å². The second kappa shape index (κ2) is 7.09. The minimum absolute atomic E-state index is 0.214. The Morgan fingerprint density at radius 2 is 1.69 bits per heavy atom. The average molecular weight is 381 g/mol. The van der Waals surface area contributed by atoms with Crippen molar-refractivity contribution in [3.8, 4) is 23.0 Å². The number of rotatable bonds is 4. The first kappa shape index (κ1) is 16.9. The fourth-order valence-electron chi connectivity index (χ4n) is 3.14. The van der Waals surface area contributed by atoms with E-state index in [1.54, 1.807) is 24.5 Å². The summed E-state index contributed by atoms with van der Waals surface area (Å²) in [7, 11) is 0. The van der Waals surface area contributed by atoms with Gasteiger partial charge in [0.05, 0.1) is 17.5 Å². The zero-order valence-corrected chi connectivity index (χ0v) is 15.2. The Balaban J connectivity index is 1.45. The van der Waals surface area contributed by atoms with Crippen LogP contribution in [0.25, 0.3) is 33.8 Å². The fraction of sp³-hybridized carbons (Fsp3) is 0. The van der Waals surface area contributed by atoms with E-state index in [9.17, 15) is 4.79 Å². The van der Waals surface area contributed by atoms with Crippen molar-refractivity contribution in [3.05, 3.63) is 90.7 Å². The molecule has 0 unspecified atom stereocenters. The third kappa shape index (κ3) is 3.27. The molecule has 0 radical (unpaired) electrons. The van der Waals surface area contributed by atoms with Gasteiger partial charge >= 0.3 is 0 Å². The van der Waals surface area contributed by atoms with Gasteiger partial charge < -0.3 is 14.3 Å². The summed E-state index contributed by atoms with van der Waals surface area (Å²) < 4.78 is 10.7. The van der Waals surface area contributed by atoms with Crippen LogP contribution >= 0.6 is 0 Å². The summed E-state index contributed by atoms with van der Waals surface area (Å²) >= 11 is 0. The third-order valence-corrected chi connectivity index (χ3v) is 4.58. The van der Waals surface area contributed by atoms with Crippen molar-refractivity contribution in [2.45, 2.75) is 0 Å². The lowest BCUT2D eigenvalue weighted by Crippen LogP contribution is -2.12. The highest BCUT2D eigenvalue weighted by Gasteiger charge is 2.17. The number of furan rings is 1. The summed E-state index contributed by atoms with van der Waals surface area (Å²) in [5.74, 6) is 0.943. The van der Waals surface area contributed by atoms with Crippen molar-refractivity contribution in [2.24, 2.45) is 0 Å². The molecule has 2 heterocycles. The van der Waals surface area contributed by atoms with Crippen LogP contribution in [0.1, 0.15) is 10.4 Å². The van der Waals surface area contributed by atoms with Crippen molar-refractivity contribution in [2.75, 3.05) is 5.32 Å². The molecule has 0 aliphatic heterocycles. The monoisotopic (exact) mass is 381 g/mol. The molecule has 3 aromatic carbocycles. The Kier molecular flexibility index (Phi) is 4.14. The number of fused-ring (bicyclic) bond motifs is 1. The van der Waals surface area contributed by atoms with Gasteiger partial charge in [-0.25, -0.2) is 0 Å².